The van der Waals surface area contributed by atoms with Gasteiger partial charge in [-0.2, -0.15) is 0 Å². The van der Waals surface area contributed by atoms with Gasteiger partial charge < -0.3 is 20.4 Å². The molecule has 0 aliphatic heterocycles. The Balaban J connectivity index is 0. The molecular weight excluding hydrogens is 396 g/mol. The molecule has 1 unspecified atom stereocenters. The van der Waals surface area contributed by atoms with Crippen molar-refractivity contribution in [2.75, 3.05) is 6.61 Å². The van der Waals surface area contributed by atoms with Gasteiger partial charge in [0.25, 0.3) is 0 Å². The second-order valence-corrected chi connectivity index (χ2v) is 8.61. The van der Waals surface area contributed by atoms with Crippen molar-refractivity contribution in [3.05, 3.63) is 0 Å². The minimum absolute atomic E-state index is 0. The van der Waals surface area contributed by atoms with Crippen LogP contribution in [0.2, 0.25) is 0 Å². The minimum atomic E-state index is -1.63. The molecule has 0 aromatic heterocycles. The maximum atomic E-state index is 11.4. The molecule has 0 rings (SSSR count). The van der Waals surface area contributed by atoms with Crippen LogP contribution in [-0.2, 0) is 14.3 Å². The number of unbranched alkanes of at least 4 members (excludes halogenated alkanes) is 18. The van der Waals surface area contributed by atoms with Crippen molar-refractivity contribution in [1.82, 2.24) is 0 Å². The summed E-state index contributed by atoms with van der Waals surface area (Å²) in [4.78, 5) is 22.6. The van der Waals surface area contributed by atoms with Gasteiger partial charge in [0.15, 0.2) is 6.10 Å². The van der Waals surface area contributed by atoms with Crippen molar-refractivity contribution in [1.29, 1.82) is 0 Å². The quantitative estimate of drug-likeness (QED) is 0.131. The number of hydrogen-bond donors (Lipinski definition) is 2. The molecule has 186 valence electrons. The standard InChI is InChI=1S/C25H48O5.H2O/c1-2-3-4-5-6-7-8-9-10-11-12-13-14-15-16-17-18-19-20-21-24(28)30-25(29)23(27)22-26;/h23,26-27H,2-22H2,1H3;1H2. The molecule has 0 aliphatic carbocycles. The number of ether oxygens (including phenoxy) is 1. The summed E-state index contributed by atoms with van der Waals surface area (Å²) >= 11 is 0. The average Bonchev–Trinajstić information content (AvgIpc) is 2.74. The van der Waals surface area contributed by atoms with Crippen LogP contribution < -0.4 is 0 Å². The summed E-state index contributed by atoms with van der Waals surface area (Å²) in [5, 5.41) is 17.6. The van der Waals surface area contributed by atoms with Gasteiger partial charge in [-0.25, -0.2) is 4.79 Å². The lowest BCUT2D eigenvalue weighted by Crippen LogP contribution is -2.28. The molecule has 0 fully saturated rings. The van der Waals surface area contributed by atoms with Gasteiger partial charge >= 0.3 is 11.9 Å². The molecule has 0 heterocycles. The van der Waals surface area contributed by atoms with Gasteiger partial charge in [-0.3, -0.25) is 4.79 Å². The van der Waals surface area contributed by atoms with Crippen molar-refractivity contribution >= 4 is 11.9 Å². The predicted molar refractivity (Wildman–Crippen MR) is 126 cm³/mol. The molecular formula is C25H50O6. The van der Waals surface area contributed by atoms with Gasteiger partial charge in [0.05, 0.1) is 6.61 Å². The van der Waals surface area contributed by atoms with E-state index in [0.717, 1.165) is 12.8 Å². The molecule has 4 N–H and O–H groups in total. The van der Waals surface area contributed by atoms with Gasteiger partial charge in [0.2, 0.25) is 0 Å². The van der Waals surface area contributed by atoms with Gasteiger partial charge in [-0.15, -0.1) is 0 Å². The second kappa shape index (κ2) is 25.3. The molecule has 0 aromatic rings. The topological polar surface area (TPSA) is 115 Å². The molecule has 6 nitrogen and oxygen atoms in total. The van der Waals surface area contributed by atoms with Crippen molar-refractivity contribution in [2.45, 2.75) is 141 Å². The van der Waals surface area contributed by atoms with Crippen LogP contribution in [0.5, 0.6) is 0 Å². The maximum absolute atomic E-state index is 11.4. The summed E-state index contributed by atoms with van der Waals surface area (Å²) in [6, 6.07) is 0. The third-order valence-corrected chi connectivity index (χ3v) is 5.64. The first kappa shape index (κ1) is 32.2. The number of carbonyl (C=O) groups is 2. The van der Waals surface area contributed by atoms with E-state index in [-0.39, 0.29) is 11.9 Å². The molecule has 0 aromatic carbocycles. The Morgan fingerprint density at radius 3 is 1.29 bits per heavy atom. The first-order chi connectivity index (χ1) is 14.6. The van der Waals surface area contributed by atoms with Crippen molar-refractivity contribution < 1.29 is 30.0 Å². The highest BCUT2D eigenvalue weighted by Crippen LogP contribution is 2.14. The molecule has 0 saturated heterocycles. The zero-order chi connectivity index (χ0) is 22.3. The Kier molecular flexibility index (Phi) is 26.3. The summed E-state index contributed by atoms with van der Waals surface area (Å²) < 4.78 is 4.45. The normalized spacial score (nSPS) is 11.7. The van der Waals surface area contributed by atoms with Crippen LogP contribution in [0.3, 0.4) is 0 Å². The Bertz CT molecular complexity index is 399. The number of aliphatic hydroxyl groups is 2. The van der Waals surface area contributed by atoms with E-state index in [1.807, 2.05) is 0 Å². The third-order valence-electron chi connectivity index (χ3n) is 5.64. The van der Waals surface area contributed by atoms with E-state index in [2.05, 4.69) is 11.7 Å². The number of rotatable bonds is 22. The van der Waals surface area contributed by atoms with Crippen LogP contribution in [0, 0.1) is 0 Å². The summed E-state index contributed by atoms with van der Waals surface area (Å²) in [7, 11) is 0. The van der Waals surface area contributed by atoms with E-state index in [1.54, 1.807) is 0 Å². The zero-order valence-corrected chi connectivity index (χ0v) is 20.0. The van der Waals surface area contributed by atoms with Gasteiger partial charge in [0, 0.05) is 6.42 Å². The first-order valence-electron chi connectivity index (χ1n) is 12.6. The lowest BCUT2D eigenvalue weighted by Gasteiger charge is -2.06. The Hall–Kier alpha value is -0.980. The summed E-state index contributed by atoms with van der Waals surface area (Å²) in [5.74, 6) is -1.69. The molecule has 0 amide bonds. The van der Waals surface area contributed by atoms with Gasteiger partial charge in [0.1, 0.15) is 0 Å². The summed E-state index contributed by atoms with van der Waals surface area (Å²) in [5.41, 5.74) is 0. The van der Waals surface area contributed by atoms with E-state index in [4.69, 9.17) is 10.2 Å². The van der Waals surface area contributed by atoms with Crippen LogP contribution in [0.15, 0.2) is 0 Å². The minimum Gasteiger partial charge on any atom is -0.412 e. The zero-order valence-electron chi connectivity index (χ0n) is 20.0. The Morgan fingerprint density at radius 1 is 0.645 bits per heavy atom. The number of aliphatic hydroxyl groups excluding tert-OH is 2. The number of carbonyl (C=O) groups excluding carboxylic acids is 2. The highest BCUT2D eigenvalue weighted by molar-refractivity contribution is 5.87. The second-order valence-electron chi connectivity index (χ2n) is 8.61. The van der Waals surface area contributed by atoms with Crippen LogP contribution in [0.25, 0.3) is 0 Å². The molecule has 0 bridgehead atoms. The monoisotopic (exact) mass is 446 g/mol. The summed E-state index contributed by atoms with van der Waals surface area (Å²) in [6.45, 7) is 1.54. The first-order valence-corrected chi connectivity index (χ1v) is 12.6. The molecule has 0 saturated carbocycles. The lowest BCUT2D eigenvalue weighted by molar-refractivity contribution is -0.167. The Labute approximate surface area is 190 Å². The van der Waals surface area contributed by atoms with Crippen molar-refractivity contribution in [2.24, 2.45) is 0 Å². The fourth-order valence-electron chi connectivity index (χ4n) is 3.65. The van der Waals surface area contributed by atoms with Crippen molar-refractivity contribution in [3.8, 4) is 0 Å². The van der Waals surface area contributed by atoms with E-state index < -0.39 is 24.6 Å². The lowest BCUT2D eigenvalue weighted by atomic mass is 10.0. The van der Waals surface area contributed by atoms with E-state index in [1.165, 1.54) is 103 Å². The molecule has 31 heavy (non-hydrogen) atoms. The molecule has 1 atom stereocenters. The summed E-state index contributed by atoms with van der Waals surface area (Å²) in [6.07, 6.45) is 23.2. The number of esters is 2. The third kappa shape index (κ3) is 23.5. The molecule has 0 spiro atoms. The van der Waals surface area contributed by atoms with Crippen LogP contribution in [0.4, 0.5) is 0 Å². The van der Waals surface area contributed by atoms with Gasteiger partial charge in [-0.05, 0) is 6.42 Å². The Morgan fingerprint density at radius 2 is 0.968 bits per heavy atom. The molecule has 0 aliphatic rings. The van der Waals surface area contributed by atoms with Crippen LogP contribution in [0.1, 0.15) is 135 Å². The molecule has 0 radical (unpaired) electrons. The molecule has 6 heteroatoms. The predicted octanol–water partition coefficient (Wildman–Crippen LogP) is 5.41. The van der Waals surface area contributed by atoms with E-state index >= 15 is 0 Å². The van der Waals surface area contributed by atoms with Crippen LogP contribution in [-0.4, -0.2) is 40.3 Å². The fourth-order valence-corrected chi connectivity index (χ4v) is 3.65. The maximum Gasteiger partial charge on any atom is 0.345 e. The van der Waals surface area contributed by atoms with E-state index in [0.29, 0.717) is 6.42 Å². The highest BCUT2D eigenvalue weighted by atomic mass is 16.6. The SMILES string of the molecule is CCCCCCCCCCCCCCCCCCCCCC(=O)OC(=O)C(O)CO.O. The fraction of sp³-hybridized carbons (Fsp3) is 0.920. The average molecular weight is 447 g/mol. The van der Waals surface area contributed by atoms with E-state index in [9.17, 15) is 9.59 Å². The van der Waals surface area contributed by atoms with Crippen molar-refractivity contribution in [3.63, 3.8) is 0 Å². The van der Waals surface area contributed by atoms with Crippen LogP contribution >= 0.6 is 0 Å². The van der Waals surface area contributed by atoms with Gasteiger partial charge in [-0.1, -0.05) is 122 Å². The largest absolute Gasteiger partial charge is 0.412 e. The smallest absolute Gasteiger partial charge is 0.345 e. The highest BCUT2D eigenvalue weighted by Gasteiger charge is 2.18. The number of hydrogen-bond acceptors (Lipinski definition) is 5.